The van der Waals surface area contributed by atoms with E-state index in [-0.39, 0.29) is 11.9 Å². The fourth-order valence-corrected chi connectivity index (χ4v) is 2.40. The van der Waals surface area contributed by atoms with Crippen LogP contribution in [0.3, 0.4) is 0 Å². The predicted molar refractivity (Wildman–Crippen MR) is 92.2 cm³/mol. The van der Waals surface area contributed by atoms with Crippen molar-refractivity contribution in [3.8, 4) is 6.07 Å². The van der Waals surface area contributed by atoms with Crippen molar-refractivity contribution < 1.29 is 4.79 Å². The molecule has 118 valence electrons. The molecule has 0 heterocycles. The molecule has 0 bridgehead atoms. The Kier molecular flexibility index (Phi) is 5.75. The van der Waals surface area contributed by atoms with E-state index < -0.39 is 0 Å². The van der Waals surface area contributed by atoms with E-state index in [1.165, 1.54) is 0 Å². The number of nitrogens with zero attached hydrogens (tertiary/aromatic N) is 2. The van der Waals surface area contributed by atoms with Crippen LogP contribution in [-0.2, 0) is 11.3 Å². The van der Waals surface area contributed by atoms with Gasteiger partial charge in [-0.2, -0.15) is 5.26 Å². The topological polar surface area (TPSA) is 56.1 Å². The lowest BCUT2D eigenvalue weighted by Gasteiger charge is -2.24. The first kappa shape index (κ1) is 17.0. The minimum Gasteiger partial charge on any atom is -0.324 e. The van der Waals surface area contributed by atoms with Gasteiger partial charge in [0.1, 0.15) is 6.07 Å². The minimum absolute atomic E-state index is 0.155. The lowest BCUT2D eigenvalue weighted by Crippen LogP contribution is -2.39. The normalized spacial score (nSPS) is 11.8. The van der Waals surface area contributed by atoms with Gasteiger partial charge < -0.3 is 5.32 Å². The lowest BCUT2D eigenvalue weighted by molar-refractivity contribution is -0.120. The highest BCUT2D eigenvalue weighted by atomic mass is 35.5. The van der Waals surface area contributed by atoms with Gasteiger partial charge in [-0.1, -0.05) is 35.9 Å². The number of hydrogen-bond acceptors (Lipinski definition) is 3. The quantitative estimate of drug-likeness (QED) is 0.911. The van der Waals surface area contributed by atoms with Crippen molar-refractivity contribution in [3.05, 3.63) is 64.7 Å². The number of carbonyl (C=O) groups excluding carboxylic acids is 1. The Bertz CT molecular complexity index is 739. The fraction of sp³-hybridized carbons (Fsp3) is 0.222. The van der Waals surface area contributed by atoms with Crippen molar-refractivity contribution in [1.82, 2.24) is 4.90 Å². The molecule has 1 atom stereocenters. The molecule has 0 unspecified atom stereocenters. The number of hydrogen-bond donors (Lipinski definition) is 1. The van der Waals surface area contributed by atoms with Crippen LogP contribution in [-0.4, -0.2) is 23.9 Å². The maximum absolute atomic E-state index is 12.4. The highest BCUT2D eigenvalue weighted by molar-refractivity contribution is 6.30. The Hall–Kier alpha value is -2.35. The molecule has 4 nitrogen and oxygen atoms in total. The van der Waals surface area contributed by atoms with Crippen LogP contribution in [0.4, 0.5) is 5.69 Å². The number of para-hydroxylation sites is 1. The number of halogens is 1. The number of nitrogens with one attached hydrogen (secondary N) is 1. The fourth-order valence-electron chi connectivity index (χ4n) is 2.19. The summed E-state index contributed by atoms with van der Waals surface area (Å²) in [5.74, 6) is -0.155. The maximum Gasteiger partial charge on any atom is 0.241 e. The van der Waals surface area contributed by atoms with Crippen LogP contribution >= 0.6 is 11.6 Å². The molecule has 0 saturated carbocycles. The van der Waals surface area contributed by atoms with Gasteiger partial charge in [0.2, 0.25) is 5.91 Å². The van der Waals surface area contributed by atoms with Gasteiger partial charge in [-0.05, 0) is 43.8 Å². The number of carbonyl (C=O) groups is 1. The summed E-state index contributed by atoms with van der Waals surface area (Å²) >= 11 is 5.98. The number of anilines is 1. The van der Waals surface area contributed by atoms with Crippen LogP contribution in [0.25, 0.3) is 0 Å². The van der Waals surface area contributed by atoms with Crippen molar-refractivity contribution in [2.75, 3.05) is 12.4 Å². The first-order valence-electron chi connectivity index (χ1n) is 7.26. The van der Waals surface area contributed by atoms with E-state index >= 15 is 0 Å². The summed E-state index contributed by atoms with van der Waals surface area (Å²) in [6, 6.07) is 16.2. The Morgan fingerprint density at radius 3 is 2.74 bits per heavy atom. The van der Waals surface area contributed by atoms with Gasteiger partial charge in [0.25, 0.3) is 0 Å². The van der Waals surface area contributed by atoms with E-state index in [0.717, 1.165) is 5.56 Å². The average Bonchev–Trinajstić information content (AvgIpc) is 2.54. The summed E-state index contributed by atoms with van der Waals surface area (Å²) < 4.78 is 0. The van der Waals surface area contributed by atoms with Gasteiger partial charge in [-0.15, -0.1) is 0 Å². The Balaban J connectivity index is 2.03. The van der Waals surface area contributed by atoms with Crippen molar-refractivity contribution in [1.29, 1.82) is 5.26 Å². The molecule has 1 amide bonds. The van der Waals surface area contributed by atoms with Crippen LogP contribution < -0.4 is 5.32 Å². The molecule has 0 aliphatic rings. The van der Waals surface area contributed by atoms with E-state index in [2.05, 4.69) is 11.4 Å². The number of benzene rings is 2. The molecule has 0 aromatic heterocycles. The Labute approximate surface area is 141 Å². The van der Waals surface area contributed by atoms with Crippen molar-refractivity contribution >= 4 is 23.2 Å². The Morgan fingerprint density at radius 1 is 1.30 bits per heavy atom. The van der Waals surface area contributed by atoms with Gasteiger partial charge in [0.15, 0.2) is 0 Å². The summed E-state index contributed by atoms with van der Waals surface area (Å²) in [6.45, 7) is 2.43. The summed E-state index contributed by atoms with van der Waals surface area (Å²) in [5, 5.41) is 12.6. The van der Waals surface area contributed by atoms with Crippen LogP contribution in [0.2, 0.25) is 5.02 Å². The molecular weight excluding hydrogens is 310 g/mol. The maximum atomic E-state index is 12.4. The lowest BCUT2D eigenvalue weighted by atomic mass is 10.1. The standard InChI is InChI=1S/C18H18ClN3O/c1-13(22(2)12-14-6-5-8-16(19)10-14)18(23)21-17-9-4-3-7-15(17)11-20/h3-10,13H,12H2,1-2H3,(H,21,23)/t13-/m1/s1. The van der Waals surface area contributed by atoms with Gasteiger partial charge in [0, 0.05) is 11.6 Å². The Morgan fingerprint density at radius 2 is 2.04 bits per heavy atom. The van der Waals surface area contributed by atoms with E-state index in [1.807, 2.05) is 43.1 Å². The molecule has 2 aromatic rings. The second-order valence-corrected chi connectivity index (χ2v) is 5.80. The zero-order chi connectivity index (χ0) is 16.8. The van der Waals surface area contributed by atoms with Crippen molar-refractivity contribution in [3.63, 3.8) is 0 Å². The van der Waals surface area contributed by atoms with Gasteiger partial charge in [0.05, 0.1) is 17.3 Å². The third-order valence-electron chi connectivity index (χ3n) is 3.67. The van der Waals surface area contributed by atoms with Crippen molar-refractivity contribution in [2.24, 2.45) is 0 Å². The van der Waals surface area contributed by atoms with Crippen LogP contribution in [0.1, 0.15) is 18.1 Å². The van der Waals surface area contributed by atoms with Crippen LogP contribution in [0, 0.1) is 11.3 Å². The summed E-state index contributed by atoms with van der Waals surface area (Å²) in [5.41, 5.74) is 2.02. The monoisotopic (exact) mass is 327 g/mol. The molecule has 0 spiro atoms. The number of likely N-dealkylation sites (N-methyl/N-ethyl adjacent to an activating group) is 1. The van der Waals surface area contributed by atoms with E-state index in [9.17, 15) is 4.79 Å². The summed E-state index contributed by atoms with van der Waals surface area (Å²) in [4.78, 5) is 14.3. The minimum atomic E-state index is -0.347. The zero-order valence-corrected chi connectivity index (χ0v) is 13.8. The van der Waals surface area contributed by atoms with E-state index in [0.29, 0.717) is 22.8 Å². The molecule has 1 N–H and O–H groups in total. The number of nitriles is 1. The van der Waals surface area contributed by atoms with Gasteiger partial charge in [-0.25, -0.2) is 0 Å². The third-order valence-corrected chi connectivity index (χ3v) is 3.90. The van der Waals surface area contributed by atoms with Gasteiger partial charge in [-0.3, -0.25) is 9.69 Å². The molecule has 5 heteroatoms. The highest BCUT2D eigenvalue weighted by Gasteiger charge is 2.19. The molecule has 0 radical (unpaired) electrons. The molecule has 0 saturated heterocycles. The SMILES string of the molecule is C[C@H](C(=O)Nc1ccccc1C#N)N(C)Cc1cccc(Cl)c1. The van der Waals surface area contributed by atoms with Crippen molar-refractivity contribution in [2.45, 2.75) is 19.5 Å². The molecule has 0 fully saturated rings. The molecule has 2 rings (SSSR count). The van der Waals surface area contributed by atoms with Crippen LogP contribution in [0.15, 0.2) is 48.5 Å². The molecule has 0 aliphatic carbocycles. The smallest absolute Gasteiger partial charge is 0.241 e. The zero-order valence-electron chi connectivity index (χ0n) is 13.1. The van der Waals surface area contributed by atoms with E-state index in [4.69, 9.17) is 16.9 Å². The summed E-state index contributed by atoms with van der Waals surface area (Å²) in [6.07, 6.45) is 0. The number of rotatable bonds is 5. The first-order valence-corrected chi connectivity index (χ1v) is 7.63. The number of amides is 1. The second kappa shape index (κ2) is 7.77. The second-order valence-electron chi connectivity index (χ2n) is 5.37. The van der Waals surface area contributed by atoms with E-state index in [1.54, 1.807) is 24.3 Å². The predicted octanol–water partition coefficient (Wildman–Crippen LogP) is 3.67. The van der Waals surface area contributed by atoms with Crippen LogP contribution in [0.5, 0.6) is 0 Å². The molecule has 23 heavy (non-hydrogen) atoms. The summed E-state index contributed by atoms with van der Waals surface area (Å²) in [7, 11) is 1.88. The molecule has 0 aliphatic heterocycles. The molecular formula is C18H18ClN3O. The largest absolute Gasteiger partial charge is 0.324 e. The molecule has 2 aromatic carbocycles. The highest BCUT2D eigenvalue weighted by Crippen LogP contribution is 2.16. The first-order chi connectivity index (χ1) is 11.0. The third kappa shape index (κ3) is 4.56. The average molecular weight is 328 g/mol. The van der Waals surface area contributed by atoms with Gasteiger partial charge >= 0.3 is 0 Å².